The van der Waals surface area contributed by atoms with Gasteiger partial charge >= 0.3 is 0 Å². The summed E-state index contributed by atoms with van der Waals surface area (Å²) in [5.74, 6) is 0.963. The molecule has 0 bridgehead atoms. The Morgan fingerprint density at radius 3 is 2.21 bits per heavy atom. The Labute approximate surface area is 176 Å². The lowest BCUT2D eigenvalue weighted by molar-refractivity contribution is -0.136. The molecule has 0 radical (unpaired) electrons. The predicted octanol–water partition coefficient (Wildman–Crippen LogP) is 2.38. The van der Waals surface area contributed by atoms with Crippen LogP contribution in [-0.4, -0.2) is 67.5 Å². The number of piperidine rings is 2. The van der Waals surface area contributed by atoms with Gasteiger partial charge in [0.15, 0.2) is 0 Å². The number of hydrogen-bond donors (Lipinski definition) is 1. The van der Waals surface area contributed by atoms with E-state index in [1.807, 2.05) is 4.90 Å². The molecule has 3 heterocycles. The van der Waals surface area contributed by atoms with Gasteiger partial charge in [-0.25, -0.2) is 12.7 Å². The number of rotatable bonds is 4. The molecule has 1 amide bonds. The molecule has 28 heavy (non-hydrogen) atoms. The molecule has 4 aliphatic rings. The Hall–Kier alpha value is -0.370. The molecule has 3 aliphatic heterocycles. The van der Waals surface area contributed by atoms with Gasteiger partial charge in [-0.1, -0.05) is 12.8 Å². The summed E-state index contributed by atoms with van der Waals surface area (Å²) < 4.78 is 28.2. The van der Waals surface area contributed by atoms with Crippen molar-refractivity contribution in [3.05, 3.63) is 0 Å². The summed E-state index contributed by atoms with van der Waals surface area (Å²) in [5, 5.41) is 3.17. The van der Waals surface area contributed by atoms with Crippen molar-refractivity contribution in [2.75, 3.05) is 32.7 Å². The predicted molar refractivity (Wildman–Crippen MR) is 113 cm³/mol. The van der Waals surface area contributed by atoms with Crippen molar-refractivity contribution in [2.24, 2.45) is 11.8 Å². The fourth-order valence-electron chi connectivity index (χ4n) is 5.67. The van der Waals surface area contributed by atoms with Gasteiger partial charge in [-0.2, -0.15) is 0 Å². The molecule has 0 spiro atoms. The number of hydrogen-bond acceptors (Lipinski definition) is 4. The first-order valence-corrected chi connectivity index (χ1v) is 12.6. The van der Waals surface area contributed by atoms with Crippen molar-refractivity contribution < 1.29 is 13.2 Å². The van der Waals surface area contributed by atoms with Gasteiger partial charge in [0.05, 0.1) is 5.25 Å². The van der Waals surface area contributed by atoms with E-state index in [1.165, 1.54) is 12.8 Å². The highest BCUT2D eigenvalue weighted by molar-refractivity contribution is 7.89. The number of carbonyl (C=O) groups is 1. The average Bonchev–Trinajstić information content (AvgIpc) is 3.41. The summed E-state index contributed by atoms with van der Waals surface area (Å²) >= 11 is 0. The van der Waals surface area contributed by atoms with Gasteiger partial charge in [-0.05, 0) is 63.8 Å². The van der Waals surface area contributed by atoms with Crippen molar-refractivity contribution in [1.82, 2.24) is 14.5 Å². The molecule has 1 saturated carbocycles. The van der Waals surface area contributed by atoms with E-state index in [-0.39, 0.29) is 24.2 Å². The number of likely N-dealkylation sites (tertiary alicyclic amines) is 1. The van der Waals surface area contributed by atoms with E-state index in [0.29, 0.717) is 38.0 Å². The molecule has 3 saturated heterocycles. The van der Waals surface area contributed by atoms with Crippen LogP contribution in [-0.2, 0) is 14.8 Å². The normalized spacial score (nSPS) is 31.1. The van der Waals surface area contributed by atoms with E-state index in [4.69, 9.17) is 0 Å². The number of nitrogens with zero attached hydrogens (tertiary/aromatic N) is 2. The van der Waals surface area contributed by atoms with Gasteiger partial charge in [-0.3, -0.25) is 4.79 Å². The minimum Gasteiger partial charge on any atom is -0.341 e. The zero-order valence-corrected chi connectivity index (χ0v) is 18.5. The van der Waals surface area contributed by atoms with E-state index in [1.54, 1.807) is 4.31 Å². The maximum Gasteiger partial charge on any atom is 0.225 e. The molecule has 0 aromatic carbocycles. The first-order chi connectivity index (χ1) is 13.1. The summed E-state index contributed by atoms with van der Waals surface area (Å²) in [6, 6.07) is 0.587. The van der Waals surface area contributed by atoms with Crippen LogP contribution in [0.25, 0.3) is 0 Å². The summed E-state index contributed by atoms with van der Waals surface area (Å²) in [6.07, 6.45) is 10.2. The van der Waals surface area contributed by atoms with E-state index in [2.05, 4.69) is 5.32 Å². The van der Waals surface area contributed by atoms with Gasteiger partial charge in [0.2, 0.25) is 15.9 Å². The zero-order valence-electron chi connectivity index (χ0n) is 16.9. The maximum atomic E-state index is 13.2. The summed E-state index contributed by atoms with van der Waals surface area (Å²) in [5.41, 5.74) is 0. The minimum absolute atomic E-state index is 0. The van der Waals surface area contributed by atoms with Crippen LogP contribution in [0.15, 0.2) is 0 Å². The SMILES string of the molecule is Cl.O=C(C1CCCC1)N1CCCC(S(=O)(=O)N2CCC(C3CCCN3)CC2)C1. The van der Waals surface area contributed by atoms with Crippen molar-refractivity contribution in [2.45, 2.75) is 75.5 Å². The lowest BCUT2D eigenvalue weighted by Crippen LogP contribution is -2.52. The highest BCUT2D eigenvalue weighted by Crippen LogP contribution is 2.31. The van der Waals surface area contributed by atoms with Crippen molar-refractivity contribution in [3.8, 4) is 0 Å². The van der Waals surface area contributed by atoms with Gasteiger partial charge < -0.3 is 10.2 Å². The third-order valence-electron chi connectivity index (χ3n) is 7.34. The van der Waals surface area contributed by atoms with Crippen LogP contribution in [0.1, 0.15) is 64.2 Å². The third-order valence-corrected chi connectivity index (χ3v) is 9.65. The molecule has 8 heteroatoms. The Bertz CT molecular complexity index is 625. The molecule has 0 aromatic heterocycles. The van der Waals surface area contributed by atoms with Crippen molar-refractivity contribution >= 4 is 28.3 Å². The number of sulfonamides is 1. The van der Waals surface area contributed by atoms with Crippen LogP contribution < -0.4 is 5.32 Å². The molecular formula is C20H36ClN3O3S. The number of amides is 1. The molecule has 1 aliphatic carbocycles. The Kier molecular flexibility index (Phi) is 7.67. The average molecular weight is 434 g/mol. The van der Waals surface area contributed by atoms with Gasteiger partial charge in [0, 0.05) is 38.1 Å². The summed E-state index contributed by atoms with van der Waals surface area (Å²) in [6.45, 7) is 3.55. The Morgan fingerprint density at radius 2 is 1.57 bits per heavy atom. The first kappa shape index (κ1) is 22.3. The molecule has 1 N–H and O–H groups in total. The maximum absolute atomic E-state index is 13.2. The highest BCUT2D eigenvalue weighted by Gasteiger charge is 2.40. The van der Waals surface area contributed by atoms with E-state index in [9.17, 15) is 13.2 Å². The second-order valence-corrected chi connectivity index (χ2v) is 11.2. The van der Waals surface area contributed by atoms with Crippen LogP contribution in [0.3, 0.4) is 0 Å². The van der Waals surface area contributed by atoms with Crippen molar-refractivity contribution in [3.63, 3.8) is 0 Å². The second kappa shape index (κ2) is 9.63. The van der Waals surface area contributed by atoms with E-state index < -0.39 is 15.3 Å². The van der Waals surface area contributed by atoms with Gasteiger partial charge in [-0.15, -0.1) is 12.4 Å². The van der Waals surface area contributed by atoms with Crippen molar-refractivity contribution in [1.29, 1.82) is 0 Å². The molecule has 2 atom stereocenters. The Morgan fingerprint density at radius 1 is 0.857 bits per heavy atom. The summed E-state index contributed by atoms with van der Waals surface area (Å²) in [7, 11) is -3.30. The molecular weight excluding hydrogens is 398 g/mol. The van der Waals surface area contributed by atoms with Crippen LogP contribution >= 0.6 is 12.4 Å². The molecule has 2 unspecified atom stereocenters. The standard InChI is InChI=1S/C20H35N3O3S.ClH/c24-20(17-5-1-2-6-17)22-12-4-7-18(15-22)27(25,26)23-13-9-16(10-14-23)19-8-3-11-21-19;/h16-19,21H,1-15H2;1H. The third kappa shape index (κ3) is 4.68. The quantitative estimate of drug-likeness (QED) is 0.738. The van der Waals surface area contributed by atoms with E-state index >= 15 is 0 Å². The first-order valence-electron chi connectivity index (χ1n) is 11.1. The smallest absolute Gasteiger partial charge is 0.225 e. The zero-order chi connectivity index (χ0) is 18.9. The fourth-order valence-corrected chi connectivity index (χ4v) is 7.64. The molecule has 4 rings (SSSR count). The largest absolute Gasteiger partial charge is 0.341 e. The number of carbonyl (C=O) groups excluding carboxylic acids is 1. The lowest BCUT2D eigenvalue weighted by Gasteiger charge is -2.39. The lowest BCUT2D eigenvalue weighted by atomic mass is 9.89. The van der Waals surface area contributed by atoms with Gasteiger partial charge in [0.1, 0.15) is 0 Å². The van der Waals surface area contributed by atoms with Crippen LogP contribution in [0.5, 0.6) is 0 Å². The number of nitrogens with one attached hydrogen (secondary N) is 1. The van der Waals surface area contributed by atoms with E-state index in [0.717, 1.165) is 58.0 Å². The monoisotopic (exact) mass is 433 g/mol. The number of halogens is 1. The highest BCUT2D eigenvalue weighted by atomic mass is 35.5. The fraction of sp³-hybridized carbons (Fsp3) is 0.950. The molecule has 162 valence electrons. The van der Waals surface area contributed by atoms with Crippen LogP contribution in [0, 0.1) is 11.8 Å². The van der Waals surface area contributed by atoms with Gasteiger partial charge in [0.25, 0.3) is 0 Å². The molecule has 0 aromatic rings. The minimum atomic E-state index is -3.30. The topological polar surface area (TPSA) is 69.7 Å². The molecule has 6 nitrogen and oxygen atoms in total. The Balaban J connectivity index is 0.00000225. The second-order valence-electron chi connectivity index (χ2n) is 9.01. The molecule has 4 fully saturated rings. The van der Waals surface area contributed by atoms with Crippen LogP contribution in [0.4, 0.5) is 0 Å². The summed E-state index contributed by atoms with van der Waals surface area (Å²) in [4.78, 5) is 14.6. The van der Waals surface area contributed by atoms with Crippen LogP contribution in [0.2, 0.25) is 0 Å².